The number of benzene rings is 9. The van der Waals surface area contributed by atoms with Gasteiger partial charge in [0, 0.05) is 55.8 Å². The highest BCUT2D eigenvalue weighted by molar-refractivity contribution is 5.94. The summed E-state index contributed by atoms with van der Waals surface area (Å²) in [7, 11) is 0. The molecule has 0 atom stereocenters. The molecule has 0 saturated heterocycles. The number of hydrogen-bond acceptors (Lipinski definition) is 5. The zero-order valence-corrected chi connectivity index (χ0v) is 47.8. The number of pyridine rings is 2. The molecule has 82 heavy (non-hydrogen) atoms. The Hall–Kier alpha value is -9.32. The van der Waals surface area contributed by atoms with Crippen LogP contribution in [-0.2, 0) is 0 Å². The van der Waals surface area contributed by atoms with E-state index in [1.54, 1.807) is 0 Å². The van der Waals surface area contributed by atoms with E-state index in [9.17, 15) is 0 Å². The summed E-state index contributed by atoms with van der Waals surface area (Å²) in [6.45, 7) is 9.35. The molecule has 0 bridgehead atoms. The van der Waals surface area contributed by atoms with Crippen molar-refractivity contribution in [3.8, 4) is 39.4 Å². The first-order chi connectivity index (χ1) is 40.4. The number of aryl methyl sites for hydroxylation is 2. The van der Waals surface area contributed by atoms with Crippen LogP contribution >= 0.6 is 0 Å². The Labute approximate surface area is 485 Å². The van der Waals surface area contributed by atoms with Gasteiger partial charge in [0.05, 0.1) is 40.4 Å². The first kappa shape index (κ1) is 54.6. The van der Waals surface area contributed by atoms with Crippen LogP contribution < -0.4 is 14.5 Å². The van der Waals surface area contributed by atoms with Crippen molar-refractivity contribution in [3.05, 3.63) is 264 Å². The summed E-state index contributed by atoms with van der Waals surface area (Å²) >= 11 is 0. The fourth-order valence-corrected chi connectivity index (χ4v) is 10.9. The second kappa shape index (κ2) is 26.3. The number of unbranched alkanes of at least 4 members (excludes halogenated alkanes) is 7. The molecule has 0 unspecified atom stereocenters. The predicted molar refractivity (Wildman–Crippen MR) is 350 cm³/mol. The van der Waals surface area contributed by atoms with Crippen LogP contribution in [0.25, 0.3) is 73.7 Å². The van der Waals surface area contributed by atoms with Crippen molar-refractivity contribution in [2.75, 3.05) is 16.4 Å². The lowest BCUT2D eigenvalue weighted by molar-refractivity contribution is 0.304. The molecule has 0 spiro atoms. The number of ether oxygens (including phenoxy) is 1. The van der Waals surface area contributed by atoms with Crippen LogP contribution in [0.2, 0.25) is 0 Å². The molecule has 0 aliphatic heterocycles. The third-order valence-corrected chi connectivity index (χ3v) is 15.4. The van der Waals surface area contributed by atoms with E-state index >= 15 is 0 Å². The molecule has 0 aliphatic rings. The van der Waals surface area contributed by atoms with Gasteiger partial charge in [-0.1, -0.05) is 209 Å². The maximum absolute atomic E-state index is 6.33. The van der Waals surface area contributed by atoms with Crippen molar-refractivity contribution in [1.82, 2.24) is 9.97 Å². The van der Waals surface area contributed by atoms with E-state index in [0.29, 0.717) is 0 Å². The van der Waals surface area contributed by atoms with Gasteiger partial charge in [-0.25, -0.2) is 9.97 Å². The second-order valence-corrected chi connectivity index (χ2v) is 21.5. The average Bonchev–Trinajstić information content (AvgIpc) is 3.71. The number of rotatable bonds is 22. The van der Waals surface area contributed by atoms with Crippen LogP contribution in [0.4, 0.5) is 34.1 Å². The molecule has 406 valence electrons. The van der Waals surface area contributed by atoms with E-state index in [1.807, 2.05) is 0 Å². The minimum atomic E-state index is 0.728. The molecule has 0 amide bonds. The Morgan fingerprint density at radius 1 is 0.390 bits per heavy atom. The Kier molecular flexibility index (Phi) is 17.5. The summed E-state index contributed by atoms with van der Waals surface area (Å²) in [4.78, 5) is 14.9. The van der Waals surface area contributed by atoms with Gasteiger partial charge in [-0.05, 0) is 153 Å². The molecule has 5 nitrogen and oxygen atoms in total. The Morgan fingerprint density at radius 2 is 0.829 bits per heavy atom. The number of allylic oxidation sites excluding steroid dienone is 1. The van der Waals surface area contributed by atoms with E-state index < -0.39 is 0 Å². The zero-order chi connectivity index (χ0) is 56.0. The number of nitrogens with zero attached hydrogens (tertiary/aromatic N) is 4. The van der Waals surface area contributed by atoms with Crippen LogP contribution in [0.3, 0.4) is 0 Å². The molecular formula is C77H72N4O. The van der Waals surface area contributed by atoms with Crippen molar-refractivity contribution in [1.29, 1.82) is 0 Å². The third-order valence-electron chi connectivity index (χ3n) is 15.4. The molecule has 5 heteroatoms. The number of hydrogen-bond donors (Lipinski definition) is 0. The SMILES string of the molecule is C/C=C/c1cc(N(c2ccccc2)c2ccc(C)cc2)c(/C=C/c2ccc(-c3ccc4cc(-c5ccc6nc(-c7ccc(C)cc7)ccc6c5)ccc4n3)cc2)cc1N(c1ccccc1)c1ccc(OCCCCCCCCCC)cc1. The topological polar surface area (TPSA) is 41.5 Å². The smallest absolute Gasteiger partial charge is 0.119 e. The van der Waals surface area contributed by atoms with Crippen LogP contribution in [0.15, 0.2) is 237 Å². The van der Waals surface area contributed by atoms with Crippen LogP contribution in [0, 0.1) is 13.8 Å². The Bertz CT molecular complexity index is 3940. The van der Waals surface area contributed by atoms with Crippen LogP contribution in [0.1, 0.15) is 93.0 Å². The lowest BCUT2D eigenvalue weighted by Crippen LogP contribution is -2.15. The second-order valence-electron chi connectivity index (χ2n) is 21.5. The average molecular weight is 1070 g/mol. The zero-order valence-electron chi connectivity index (χ0n) is 47.8. The molecule has 0 saturated carbocycles. The van der Waals surface area contributed by atoms with Crippen molar-refractivity contribution in [3.63, 3.8) is 0 Å². The van der Waals surface area contributed by atoms with Gasteiger partial charge >= 0.3 is 0 Å². The van der Waals surface area contributed by atoms with Crippen LogP contribution in [-0.4, -0.2) is 16.6 Å². The van der Waals surface area contributed by atoms with Gasteiger partial charge in [-0.2, -0.15) is 0 Å². The summed E-state index contributed by atoms with van der Waals surface area (Å²) < 4.78 is 6.33. The standard InChI is InChI=1S/C77H72N4O/c1-5-7-8-9-10-11-12-19-51-82-71-45-43-70(44-46-71)81(68-23-17-14-18-24-68)76-55-66(77(54-65(76)20-6-2)80(67-21-15-13-16-22-67)69-41-27-57(4)28-42-69)36-31-58-29-34-60(35-30-58)73-50-40-64-53-62(38-48-75(64)79-73)61-37-47-74-63(52-61)39-49-72(78-74)59-32-25-56(3)26-33-59/h6,13-18,20-50,52-55H,5,7-12,19,51H2,1-4H3/b20-6+,36-31+. The fourth-order valence-electron chi connectivity index (χ4n) is 10.9. The van der Waals surface area contributed by atoms with E-state index in [4.69, 9.17) is 14.7 Å². The molecular weight excluding hydrogens is 997 g/mol. The molecule has 0 fully saturated rings. The van der Waals surface area contributed by atoms with Gasteiger partial charge in [0.25, 0.3) is 0 Å². The lowest BCUT2D eigenvalue weighted by Gasteiger charge is -2.31. The Morgan fingerprint density at radius 3 is 1.34 bits per heavy atom. The normalized spacial score (nSPS) is 11.5. The highest BCUT2D eigenvalue weighted by atomic mass is 16.5. The molecule has 0 radical (unpaired) electrons. The lowest BCUT2D eigenvalue weighted by atomic mass is 9.99. The van der Waals surface area contributed by atoms with Crippen molar-refractivity contribution < 1.29 is 4.74 Å². The van der Waals surface area contributed by atoms with Crippen molar-refractivity contribution >= 4 is 74.2 Å². The summed E-state index contributed by atoms with van der Waals surface area (Å²) in [5, 5.41) is 2.21. The molecule has 2 heterocycles. The first-order valence-electron chi connectivity index (χ1n) is 29.4. The summed E-state index contributed by atoms with van der Waals surface area (Å²) in [6, 6.07) is 82.5. The van der Waals surface area contributed by atoms with Crippen molar-refractivity contribution in [2.24, 2.45) is 0 Å². The van der Waals surface area contributed by atoms with Gasteiger partial charge in [-0.15, -0.1) is 0 Å². The maximum atomic E-state index is 6.33. The highest BCUT2D eigenvalue weighted by Gasteiger charge is 2.22. The van der Waals surface area contributed by atoms with E-state index in [0.717, 1.165) is 125 Å². The number of anilines is 6. The summed E-state index contributed by atoms with van der Waals surface area (Å²) in [5.41, 5.74) is 20.4. The Balaban J connectivity index is 0.896. The number of para-hydroxylation sites is 2. The van der Waals surface area contributed by atoms with Gasteiger partial charge in [-0.3, -0.25) is 0 Å². The quantitative estimate of drug-likeness (QED) is 0.0500. The van der Waals surface area contributed by atoms with Gasteiger partial charge in [0.1, 0.15) is 5.75 Å². The monoisotopic (exact) mass is 1070 g/mol. The third kappa shape index (κ3) is 13.1. The first-order valence-corrected chi connectivity index (χ1v) is 29.4. The van der Waals surface area contributed by atoms with Gasteiger partial charge < -0.3 is 14.5 Å². The molecule has 11 aromatic rings. The minimum absolute atomic E-state index is 0.728. The number of fused-ring (bicyclic) bond motifs is 2. The largest absolute Gasteiger partial charge is 0.494 e. The molecule has 11 rings (SSSR count). The van der Waals surface area contributed by atoms with Crippen molar-refractivity contribution in [2.45, 2.75) is 79.1 Å². The molecule has 0 N–H and O–H groups in total. The summed E-state index contributed by atoms with van der Waals surface area (Å²) in [6.07, 6.45) is 19.1. The van der Waals surface area contributed by atoms with E-state index in [1.165, 1.54) is 56.1 Å². The minimum Gasteiger partial charge on any atom is -0.494 e. The van der Waals surface area contributed by atoms with E-state index in [-0.39, 0.29) is 0 Å². The maximum Gasteiger partial charge on any atom is 0.119 e. The van der Waals surface area contributed by atoms with Crippen LogP contribution in [0.5, 0.6) is 5.75 Å². The fraction of sp³-hybridized carbons (Fsp3) is 0.169. The highest BCUT2D eigenvalue weighted by Crippen LogP contribution is 2.45. The molecule has 0 aliphatic carbocycles. The molecule has 2 aromatic heterocycles. The summed E-state index contributed by atoms with van der Waals surface area (Å²) in [5.74, 6) is 0.893. The molecule has 9 aromatic carbocycles. The predicted octanol–water partition coefficient (Wildman–Crippen LogP) is 22.1. The van der Waals surface area contributed by atoms with E-state index in [2.05, 4.69) is 292 Å². The number of aromatic nitrogens is 2. The van der Waals surface area contributed by atoms with Gasteiger partial charge in [0.2, 0.25) is 0 Å². The van der Waals surface area contributed by atoms with Gasteiger partial charge in [0.15, 0.2) is 0 Å².